The van der Waals surface area contributed by atoms with Gasteiger partial charge in [-0.15, -0.1) is 0 Å². The Bertz CT molecular complexity index is 416. The van der Waals surface area contributed by atoms with Crippen LogP contribution in [0, 0.1) is 0 Å². The number of nitrogens with zero attached hydrogens (tertiary/aromatic N) is 3. The lowest BCUT2D eigenvalue weighted by Gasteiger charge is -2.15. The van der Waals surface area contributed by atoms with Crippen molar-refractivity contribution >= 4 is 11.8 Å². The zero-order chi connectivity index (χ0) is 12.4. The van der Waals surface area contributed by atoms with Crippen LogP contribution in [0.25, 0.3) is 0 Å². The molecule has 0 aromatic carbocycles. The zero-order valence-corrected chi connectivity index (χ0v) is 9.28. The van der Waals surface area contributed by atoms with E-state index in [9.17, 15) is 15.0 Å². The lowest BCUT2D eigenvalue weighted by atomic mass is 10.3. The largest absolute Gasteiger partial charge is 0.464 e. The summed E-state index contributed by atoms with van der Waals surface area (Å²) in [6.07, 6.45) is 1.16. The van der Waals surface area contributed by atoms with Gasteiger partial charge in [-0.05, 0) is 0 Å². The summed E-state index contributed by atoms with van der Waals surface area (Å²) in [4.78, 5) is 20.9. The lowest BCUT2D eigenvalue weighted by Crippen LogP contribution is -2.23. The van der Waals surface area contributed by atoms with E-state index in [0.717, 1.165) is 0 Å². The van der Waals surface area contributed by atoms with E-state index in [2.05, 4.69) is 14.7 Å². The average Bonchev–Trinajstić information content (AvgIpc) is 2.69. The number of ether oxygens (including phenoxy) is 1. The highest BCUT2D eigenvalue weighted by Crippen LogP contribution is 2.17. The van der Waals surface area contributed by atoms with Crippen LogP contribution in [0.1, 0.15) is 10.5 Å². The summed E-state index contributed by atoms with van der Waals surface area (Å²) in [5.41, 5.74) is 0.0980. The minimum atomic E-state index is -0.807. The third-order valence-corrected chi connectivity index (χ3v) is 2.60. The molecule has 0 radical (unpaired) electrons. The molecule has 2 heterocycles. The van der Waals surface area contributed by atoms with Crippen molar-refractivity contribution in [3.8, 4) is 0 Å². The molecule has 2 atom stereocenters. The minimum absolute atomic E-state index is 0.0980. The van der Waals surface area contributed by atoms with Gasteiger partial charge in [0.1, 0.15) is 5.82 Å². The Balaban J connectivity index is 2.19. The maximum absolute atomic E-state index is 11.3. The van der Waals surface area contributed by atoms with Gasteiger partial charge in [0.15, 0.2) is 5.69 Å². The number of aliphatic hydroxyl groups is 2. The third-order valence-electron chi connectivity index (χ3n) is 2.60. The SMILES string of the molecule is COC(=O)c1cncc(N2CC(O)C(O)C2)n1. The first-order chi connectivity index (χ1) is 8.11. The van der Waals surface area contributed by atoms with E-state index in [0.29, 0.717) is 5.82 Å². The predicted molar refractivity (Wildman–Crippen MR) is 57.6 cm³/mol. The van der Waals surface area contributed by atoms with Crippen molar-refractivity contribution in [2.45, 2.75) is 12.2 Å². The maximum atomic E-state index is 11.3. The summed E-state index contributed by atoms with van der Waals surface area (Å²) in [5, 5.41) is 18.8. The van der Waals surface area contributed by atoms with Gasteiger partial charge in [-0.3, -0.25) is 4.98 Å². The summed E-state index contributed by atoms with van der Waals surface area (Å²) < 4.78 is 4.54. The Morgan fingerprint density at radius 3 is 2.65 bits per heavy atom. The van der Waals surface area contributed by atoms with Crippen molar-refractivity contribution in [3.63, 3.8) is 0 Å². The molecule has 92 valence electrons. The molecule has 7 heteroatoms. The van der Waals surface area contributed by atoms with Crippen molar-refractivity contribution in [2.75, 3.05) is 25.1 Å². The van der Waals surface area contributed by atoms with Crippen molar-refractivity contribution in [3.05, 3.63) is 18.1 Å². The van der Waals surface area contributed by atoms with Crippen molar-refractivity contribution < 1.29 is 19.7 Å². The van der Waals surface area contributed by atoms with Crippen LogP contribution < -0.4 is 4.90 Å². The fraction of sp³-hybridized carbons (Fsp3) is 0.500. The highest BCUT2D eigenvalue weighted by atomic mass is 16.5. The molecule has 1 saturated heterocycles. The number of carbonyl (C=O) groups is 1. The summed E-state index contributed by atoms with van der Waals surface area (Å²) >= 11 is 0. The minimum Gasteiger partial charge on any atom is -0.464 e. The van der Waals surface area contributed by atoms with Gasteiger partial charge in [0.05, 0.1) is 31.7 Å². The predicted octanol–water partition coefficient (Wildman–Crippen LogP) is -1.20. The lowest BCUT2D eigenvalue weighted by molar-refractivity contribution is 0.0572. The van der Waals surface area contributed by atoms with Gasteiger partial charge in [-0.2, -0.15) is 0 Å². The van der Waals surface area contributed by atoms with Crippen LogP contribution in [0.3, 0.4) is 0 Å². The second-order valence-corrected chi connectivity index (χ2v) is 3.79. The standard InChI is InChI=1S/C10H13N3O4/c1-17-10(16)6-2-11-3-9(12-6)13-4-7(14)8(15)5-13/h2-3,7-8,14-15H,4-5H2,1H3. The second kappa shape index (κ2) is 4.64. The Morgan fingerprint density at radius 1 is 1.41 bits per heavy atom. The van der Waals surface area contributed by atoms with Crippen LogP contribution >= 0.6 is 0 Å². The molecule has 17 heavy (non-hydrogen) atoms. The first-order valence-corrected chi connectivity index (χ1v) is 5.13. The molecule has 7 nitrogen and oxygen atoms in total. The first kappa shape index (κ1) is 11.7. The van der Waals surface area contributed by atoms with Gasteiger partial charge in [0.2, 0.25) is 0 Å². The van der Waals surface area contributed by atoms with Gasteiger partial charge >= 0.3 is 5.97 Å². The molecule has 1 aliphatic rings. The van der Waals surface area contributed by atoms with E-state index >= 15 is 0 Å². The molecule has 0 bridgehead atoms. The molecule has 0 aliphatic carbocycles. The molecule has 1 aliphatic heterocycles. The van der Waals surface area contributed by atoms with Gasteiger partial charge in [0, 0.05) is 13.1 Å². The molecule has 0 saturated carbocycles. The van der Waals surface area contributed by atoms with Crippen LogP contribution in [0.2, 0.25) is 0 Å². The van der Waals surface area contributed by atoms with E-state index in [-0.39, 0.29) is 18.8 Å². The number of carbonyl (C=O) groups excluding carboxylic acids is 1. The van der Waals surface area contributed by atoms with Crippen LogP contribution in [0.15, 0.2) is 12.4 Å². The molecule has 1 aromatic heterocycles. The van der Waals surface area contributed by atoms with Crippen LogP contribution in [-0.4, -0.2) is 58.6 Å². The summed E-state index contributed by atoms with van der Waals surface area (Å²) in [5.74, 6) is -0.136. The highest BCUT2D eigenvalue weighted by Gasteiger charge is 2.30. The molecule has 2 rings (SSSR count). The van der Waals surface area contributed by atoms with Crippen molar-refractivity contribution in [1.82, 2.24) is 9.97 Å². The normalized spacial score (nSPS) is 23.8. The third kappa shape index (κ3) is 2.34. The van der Waals surface area contributed by atoms with Crippen molar-refractivity contribution in [2.24, 2.45) is 0 Å². The van der Waals surface area contributed by atoms with Gasteiger partial charge in [-0.25, -0.2) is 9.78 Å². The second-order valence-electron chi connectivity index (χ2n) is 3.79. The Kier molecular flexibility index (Phi) is 3.21. The van der Waals surface area contributed by atoms with E-state index < -0.39 is 18.2 Å². The molecule has 1 aromatic rings. The molecular weight excluding hydrogens is 226 g/mol. The Labute approximate surface area is 97.7 Å². The first-order valence-electron chi connectivity index (χ1n) is 5.13. The molecule has 2 N–H and O–H groups in total. The molecular formula is C10H13N3O4. The summed E-state index contributed by atoms with van der Waals surface area (Å²) in [7, 11) is 1.26. The number of rotatable bonds is 2. The fourth-order valence-electron chi connectivity index (χ4n) is 1.67. The average molecular weight is 239 g/mol. The van der Waals surface area contributed by atoms with E-state index in [1.165, 1.54) is 19.5 Å². The summed E-state index contributed by atoms with van der Waals surface area (Å²) in [6.45, 7) is 0.529. The van der Waals surface area contributed by atoms with Gasteiger partial charge in [-0.1, -0.05) is 0 Å². The van der Waals surface area contributed by atoms with Crippen LogP contribution in [-0.2, 0) is 4.74 Å². The quantitative estimate of drug-likeness (QED) is 0.626. The van der Waals surface area contributed by atoms with E-state index in [1.54, 1.807) is 4.90 Å². The summed E-state index contributed by atoms with van der Waals surface area (Å²) in [6, 6.07) is 0. The number of β-amino-alcohol motifs (C(OH)–C–C–N with tert-alkyl or cyclic N) is 2. The molecule has 2 unspecified atom stereocenters. The monoisotopic (exact) mass is 239 g/mol. The van der Waals surface area contributed by atoms with E-state index in [4.69, 9.17) is 0 Å². The van der Waals surface area contributed by atoms with E-state index in [1.807, 2.05) is 0 Å². The highest BCUT2D eigenvalue weighted by molar-refractivity contribution is 5.87. The number of hydrogen-bond acceptors (Lipinski definition) is 7. The maximum Gasteiger partial charge on any atom is 0.358 e. The zero-order valence-electron chi connectivity index (χ0n) is 9.28. The Morgan fingerprint density at radius 2 is 2.06 bits per heavy atom. The van der Waals surface area contributed by atoms with Gasteiger partial charge < -0.3 is 19.8 Å². The van der Waals surface area contributed by atoms with Gasteiger partial charge in [0.25, 0.3) is 0 Å². The number of aromatic nitrogens is 2. The number of anilines is 1. The smallest absolute Gasteiger partial charge is 0.358 e. The molecule has 0 amide bonds. The van der Waals surface area contributed by atoms with Crippen LogP contribution in [0.4, 0.5) is 5.82 Å². The topological polar surface area (TPSA) is 95.8 Å². The fourth-order valence-corrected chi connectivity index (χ4v) is 1.67. The molecule has 0 spiro atoms. The van der Waals surface area contributed by atoms with Crippen LogP contribution in [0.5, 0.6) is 0 Å². The Hall–Kier alpha value is -1.73. The van der Waals surface area contributed by atoms with Crippen molar-refractivity contribution in [1.29, 1.82) is 0 Å². The molecule has 1 fully saturated rings. The number of esters is 1. The number of hydrogen-bond donors (Lipinski definition) is 2. The number of aliphatic hydroxyl groups excluding tert-OH is 2. The number of methoxy groups -OCH3 is 1.